The van der Waals surface area contributed by atoms with Crippen LogP contribution in [0.1, 0.15) is 70.4 Å². The van der Waals surface area contributed by atoms with Crippen molar-refractivity contribution in [3.05, 3.63) is 34.9 Å². The van der Waals surface area contributed by atoms with Gasteiger partial charge in [-0.15, -0.1) is 0 Å². The molecule has 2 heterocycles. The monoisotopic (exact) mass is 369 g/mol. The number of hydrogen-bond donors (Lipinski definition) is 0. The maximum Gasteiger partial charge on any atom is 0.119 e. The molecule has 0 N–H and O–H groups in total. The quantitative estimate of drug-likeness (QED) is 0.580. The first kappa shape index (κ1) is 20.5. The summed E-state index contributed by atoms with van der Waals surface area (Å²) in [7, 11) is 1.78. The molecule has 27 heavy (non-hydrogen) atoms. The largest absolute Gasteiger partial charge is 0.497 e. The zero-order valence-electron chi connectivity index (χ0n) is 18.2. The van der Waals surface area contributed by atoms with E-state index in [4.69, 9.17) is 4.74 Å². The summed E-state index contributed by atoms with van der Waals surface area (Å²) in [6, 6.07) is 6.60. The highest BCUT2D eigenvalue weighted by Gasteiger charge is 2.34. The Morgan fingerprint density at radius 2 is 2.00 bits per heavy atom. The molecule has 0 aromatic heterocycles. The number of ether oxygens (including phenoxy) is 1. The van der Waals surface area contributed by atoms with Crippen LogP contribution >= 0.6 is 0 Å². The molecule has 0 aliphatic carbocycles. The Labute approximate surface area is 167 Å². The number of benzene rings is 1. The second-order valence-corrected chi connectivity index (χ2v) is 8.88. The van der Waals surface area contributed by atoms with Gasteiger partial charge in [-0.05, 0) is 79.2 Å². The minimum Gasteiger partial charge on any atom is -0.497 e. The molecule has 0 radical (unpaired) electrons. The smallest absolute Gasteiger partial charge is 0.119 e. The number of methoxy groups -OCH3 is 1. The Morgan fingerprint density at radius 3 is 2.70 bits per heavy atom. The van der Waals surface area contributed by atoms with Gasteiger partial charge in [-0.3, -0.25) is 0 Å². The van der Waals surface area contributed by atoms with Crippen molar-refractivity contribution >= 4 is 5.57 Å². The molecule has 1 saturated heterocycles. The molecule has 1 aromatic carbocycles. The first-order chi connectivity index (χ1) is 13.1. The van der Waals surface area contributed by atoms with Crippen LogP contribution in [0.2, 0.25) is 0 Å². The molecule has 2 aliphatic rings. The summed E-state index contributed by atoms with van der Waals surface area (Å²) in [5.41, 5.74) is 6.17. The molecule has 0 amide bonds. The first-order valence-electron chi connectivity index (χ1n) is 11.2. The fraction of sp³-hybridized carbons (Fsp3) is 0.680. The van der Waals surface area contributed by atoms with E-state index in [1.54, 1.807) is 18.3 Å². The van der Waals surface area contributed by atoms with E-state index in [0.29, 0.717) is 0 Å². The van der Waals surface area contributed by atoms with Crippen LogP contribution in [0.15, 0.2) is 23.8 Å². The molecule has 2 bridgehead atoms. The Morgan fingerprint density at radius 1 is 1.19 bits per heavy atom. The fourth-order valence-corrected chi connectivity index (χ4v) is 5.50. The molecule has 1 aromatic rings. The second kappa shape index (κ2) is 9.28. The van der Waals surface area contributed by atoms with Crippen LogP contribution in [-0.2, 0) is 0 Å². The summed E-state index contributed by atoms with van der Waals surface area (Å²) < 4.78 is 5.56. The van der Waals surface area contributed by atoms with Gasteiger partial charge >= 0.3 is 0 Å². The number of allylic oxidation sites excluding steroid dienone is 1. The molecule has 150 valence electrons. The molecule has 0 saturated carbocycles. The van der Waals surface area contributed by atoms with Crippen LogP contribution in [0.4, 0.5) is 0 Å². The average molecular weight is 370 g/mol. The van der Waals surface area contributed by atoms with Crippen molar-refractivity contribution in [1.82, 2.24) is 4.90 Å². The molecular weight excluding hydrogens is 330 g/mol. The van der Waals surface area contributed by atoms with Gasteiger partial charge in [-0.2, -0.15) is 0 Å². The summed E-state index contributed by atoms with van der Waals surface area (Å²) >= 11 is 0. The van der Waals surface area contributed by atoms with Crippen molar-refractivity contribution in [2.45, 2.75) is 66.2 Å². The van der Waals surface area contributed by atoms with Crippen molar-refractivity contribution < 1.29 is 4.74 Å². The topological polar surface area (TPSA) is 12.5 Å². The van der Waals surface area contributed by atoms with Gasteiger partial charge in [0.25, 0.3) is 0 Å². The van der Waals surface area contributed by atoms with Crippen molar-refractivity contribution in [2.75, 3.05) is 26.7 Å². The SMILES string of the molecule is CCCCC1CC2/C(CC)=C(/c3cc(OC)ccc3C)CCN(C1)CC2C. The Kier molecular flexibility index (Phi) is 7.03. The van der Waals surface area contributed by atoms with E-state index in [9.17, 15) is 0 Å². The predicted octanol–water partition coefficient (Wildman–Crippen LogP) is 6.34. The third-order valence-corrected chi connectivity index (χ3v) is 6.97. The van der Waals surface area contributed by atoms with E-state index in [1.165, 1.54) is 69.3 Å². The number of rotatable bonds is 6. The maximum absolute atomic E-state index is 5.56. The number of hydrogen-bond acceptors (Lipinski definition) is 2. The molecule has 3 rings (SSSR count). The highest BCUT2D eigenvalue weighted by molar-refractivity contribution is 5.73. The predicted molar refractivity (Wildman–Crippen MR) is 116 cm³/mol. The summed E-state index contributed by atoms with van der Waals surface area (Å²) in [5, 5.41) is 0. The van der Waals surface area contributed by atoms with Crippen LogP contribution in [0.25, 0.3) is 5.57 Å². The minimum atomic E-state index is 0.739. The maximum atomic E-state index is 5.56. The van der Waals surface area contributed by atoms with Crippen LogP contribution in [0.5, 0.6) is 5.75 Å². The lowest BCUT2D eigenvalue weighted by atomic mass is 9.75. The first-order valence-corrected chi connectivity index (χ1v) is 11.2. The van der Waals surface area contributed by atoms with E-state index >= 15 is 0 Å². The van der Waals surface area contributed by atoms with Crippen LogP contribution < -0.4 is 4.74 Å². The lowest BCUT2D eigenvalue weighted by Gasteiger charge is -2.33. The number of aryl methyl sites for hydroxylation is 1. The van der Waals surface area contributed by atoms with Gasteiger partial charge < -0.3 is 9.64 Å². The normalized spacial score (nSPS) is 31.3. The van der Waals surface area contributed by atoms with E-state index in [-0.39, 0.29) is 0 Å². The molecular formula is C25H39NO. The third kappa shape index (κ3) is 4.59. The van der Waals surface area contributed by atoms with Crippen LogP contribution in [0.3, 0.4) is 0 Å². The van der Waals surface area contributed by atoms with Crippen molar-refractivity contribution in [3.8, 4) is 5.75 Å². The van der Waals surface area contributed by atoms with Gasteiger partial charge in [-0.1, -0.05) is 45.3 Å². The van der Waals surface area contributed by atoms with Gasteiger partial charge in [0.2, 0.25) is 0 Å². The molecule has 2 heteroatoms. The van der Waals surface area contributed by atoms with E-state index in [1.807, 2.05) is 0 Å². The Bertz CT molecular complexity index is 662. The minimum absolute atomic E-state index is 0.739. The van der Waals surface area contributed by atoms with Crippen LogP contribution in [0, 0.1) is 24.7 Å². The van der Waals surface area contributed by atoms with Crippen molar-refractivity contribution in [1.29, 1.82) is 0 Å². The van der Waals surface area contributed by atoms with Gasteiger partial charge in [0.05, 0.1) is 7.11 Å². The molecule has 4 atom stereocenters. The fourth-order valence-electron chi connectivity index (χ4n) is 5.50. The molecule has 0 spiro atoms. The number of unbranched alkanes of at least 4 members (excludes halogenated alkanes) is 1. The summed E-state index contributed by atoms with van der Waals surface area (Å²) in [5.74, 6) is 3.35. The average Bonchev–Trinajstić information content (AvgIpc) is 2.77. The number of fused-ring (bicyclic) bond motifs is 3. The lowest BCUT2D eigenvalue weighted by molar-refractivity contribution is 0.226. The molecule has 2 nitrogen and oxygen atoms in total. The molecule has 2 aliphatic heterocycles. The zero-order chi connectivity index (χ0) is 19.4. The zero-order valence-corrected chi connectivity index (χ0v) is 18.2. The van der Waals surface area contributed by atoms with Gasteiger partial charge in [0, 0.05) is 19.6 Å². The highest BCUT2D eigenvalue weighted by atomic mass is 16.5. The van der Waals surface area contributed by atoms with E-state index in [0.717, 1.165) is 23.5 Å². The molecule has 1 fully saturated rings. The standard InChI is InChI=1S/C25H39NO/c1-6-8-9-20-14-24-19(4)16-26(17-20)13-12-23(22(24)7-2)25-15-21(27-5)11-10-18(25)3/h10-11,15,19-20,24H,6-9,12-14,16-17H2,1-5H3/b23-22+. The van der Waals surface area contributed by atoms with Crippen molar-refractivity contribution in [2.24, 2.45) is 17.8 Å². The van der Waals surface area contributed by atoms with Crippen molar-refractivity contribution in [3.63, 3.8) is 0 Å². The summed E-state index contributed by atoms with van der Waals surface area (Å²) in [6.07, 6.45) is 7.85. The van der Waals surface area contributed by atoms with Gasteiger partial charge in [-0.25, -0.2) is 0 Å². The Hall–Kier alpha value is -1.28. The lowest BCUT2D eigenvalue weighted by Crippen LogP contribution is -2.33. The second-order valence-electron chi connectivity index (χ2n) is 8.88. The summed E-state index contributed by atoms with van der Waals surface area (Å²) in [4.78, 5) is 2.77. The Balaban J connectivity index is 2.04. The molecule has 4 unspecified atom stereocenters. The van der Waals surface area contributed by atoms with E-state index < -0.39 is 0 Å². The van der Waals surface area contributed by atoms with E-state index in [2.05, 4.69) is 50.8 Å². The highest BCUT2D eigenvalue weighted by Crippen LogP contribution is 2.42. The summed E-state index contributed by atoms with van der Waals surface area (Å²) in [6.45, 7) is 13.2. The third-order valence-electron chi connectivity index (χ3n) is 6.97. The van der Waals surface area contributed by atoms with Gasteiger partial charge in [0.1, 0.15) is 5.75 Å². The number of nitrogens with zero attached hydrogens (tertiary/aromatic N) is 1. The van der Waals surface area contributed by atoms with Gasteiger partial charge in [0.15, 0.2) is 0 Å². The van der Waals surface area contributed by atoms with Crippen LogP contribution in [-0.4, -0.2) is 31.6 Å².